The zero-order chi connectivity index (χ0) is 13.7. The van der Waals surface area contributed by atoms with Crippen molar-refractivity contribution in [3.8, 4) is 0 Å². The Kier molecular flexibility index (Phi) is 5.15. The summed E-state index contributed by atoms with van der Waals surface area (Å²) in [6, 6.07) is 0.581. The molecule has 0 aromatic rings. The predicted octanol–water partition coefficient (Wildman–Crippen LogP) is 0.0485. The molecule has 3 amide bonds. The maximum atomic E-state index is 11.8. The number of imide groups is 1. The summed E-state index contributed by atoms with van der Waals surface area (Å²) in [6.45, 7) is 2.30. The summed E-state index contributed by atoms with van der Waals surface area (Å²) in [5.74, 6) is -0.220. The summed E-state index contributed by atoms with van der Waals surface area (Å²) >= 11 is 0. The number of nitrogens with one attached hydrogen (secondary N) is 3. The lowest BCUT2D eigenvalue weighted by Crippen LogP contribution is -2.49. The lowest BCUT2D eigenvalue weighted by molar-refractivity contribution is -0.121. The highest BCUT2D eigenvalue weighted by molar-refractivity contribution is 5.95. The Bertz CT molecular complexity index is 325. The van der Waals surface area contributed by atoms with Gasteiger partial charge in [-0.1, -0.05) is 6.42 Å². The van der Waals surface area contributed by atoms with Crippen molar-refractivity contribution in [2.24, 2.45) is 0 Å². The molecule has 1 saturated heterocycles. The molecule has 0 radical (unpaired) electrons. The van der Waals surface area contributed by atoms with Gasteiger partial charge < -0.3 is 10.6 Å². The molecule has 3 N–H and O–H groups in total. The number of hydrogen-bond donors (Lipinski definition) is 3. The first-order valence-electron chi connectivity index (χ1n) is 7.18. The van der Waals surface area contributed by atoms with Crippen molar-refractivity contribution in [1.82, 2.24) is 20.9 Å². The fraction of sp³-hybridized carbons (Fsp3) is 0.846. The van der Waals surface area contributed by atoms with E-state index in [1.54, 1.807) is 0 Å². The molecule has 0 aromatic carbocycles. The highest BCUT2D eigenvalue weighted by Crippen LogP contribution is 2.27. The molecule has 108 valence electrons. The predicted molar refractivity (Wildman–Crippen MR) is 72.8 cm³/mol. The molecule has 0 aromatic heterocycles. The van der Waals surface area contributed by atoms with E-state index in [1.807, 2.05) is 0 Å². The minimum absolute atomic E-state index is 0.220. The van der Waals surface area contributed by atoms with Crippen molar-refractivity contribution >= 4 is 11.9 Å². The SMILES string of the molecule is CNC(=O)NC(=O)CN(CC1CCCCN1)C1CC1. The summed E-state index contributed by atoms with van der Waals surface area (Å²) in [4.78, 5) is 25.1. The van der Waals surface area contributed by atoms with E-state index >= 15 is 0 Å². The molecule has 0 spiro atoms. The molecule has 2 aliphatic rings. The molecule has 1 aliphatic carbocycles. The minimum atomic E-state index is -0.434. The average Bonchev–Trinajstić information content (AvgIpc) is 3.23. The van der Waals surface area contributed by atoms with Crippen LogP contribution in [0.15, 0.2) is 0 Å². The van der Waals surface area contributed by atoms with Crippen LogP contribution in [-0.4, -0.2) is 55.6 Å². The van der Waals surface area contributed by atoms with E-state index in [0.29, 0.717) is 18.6 Å². The topological polar surface area (TPSA) is 73.5 Å². The maximum Gasteiger partial charge on any atom is 0.321 e. The van der Waals surface area contributed by atoms with Gasteiger partial charge >= 0.3 is 6.03 Å². The number of rotatable bonds is 5. The molecule has 1 saturated carbocycles. The highest BCUT2D eigenvalue weighted by atomic mass is 16.2. The van der Waals surface area contributed by atoms with Crippen LogP contribution in [0.25, 0.3) is 0 Å². The van der Waals surface area contributed by atoms with Crippen molar-refractivity contribution in [3.63, 3.8) is 0 Å². The Morgan fingerprint density at radius 2 is 2.05 bits per heavy atom. The van der Waals surface area contributed by atoms with Gasteiger partial charge in [0, 0.05) is 25.7 Å². The van der Waals surface area contributed by atoms with E-state index < -0.39 is 6.03 Å². The average molecular weight is 268 g/mol. The summed E-state index contributed by atoms with van der Waals surface area (Å²) in [5, 5.41) is 8.23. The number of amides is 3. The van der Waals surface area contributed by atoms with Crippen LogP contribution >= 0.6 is 0 Å². The first-order valence-corrected chi connectivity index (χ1v) is 7.18. The molecule has 2 rings (SSSR count). The van der Waals surface area contributed by atoms with Crippen LogP contribution in [0.4, 0.5) is 4.79 Å². The van der Waals surface area contributed by atoms with Gasteiger partial charge in [0.15, 0.2) is 0 Å². The van der Waals surface area contributed by atoms with Gasteiger partial charge in [-0.3, -0.25) is 15.0 Å². The molecule has 1 atom stereocenters. The van der Waals surface area contributed by atoms with Crippen LogP contribution in [0.3, 0.4) is 0 Å². The third-order valence-corrected chi connectivity index (χ3v) is 3.76. The largest absolute Gasteiger partial charge is 0.341 e. The first kappa shape index (κ1) is 14.3. The number of carbonyl (C=O) groups excluding carboxylic acids is 2. The normalized spacial score (nSPS) is 23.2. The summed E-state index contributed by atoms with van der Waals surface area (Å²) in [5.41, 5.74) is 0. The Morgan fingerprint density at radius 1 is 1.26 bits per heavy atom. The zero-order valence-corrected chi connectivity index (χ0v) is 11.6. The molecule has 6 nitrogen and oxygen atoms in total. The summed E-state index contributed by atoms with van der Waals surface area (Å²) < 4.78 is 0. The number of piperidine rings is 1. The van der Waals surface area contributed by atoms with E-state index in [9.17, 15) is 9.59 Å². The molecule has 0 bridgehead atoms. The smallest absolute Gasteiger partial charge is 0.321 e. The van der Waals surface area contributed by atoms with Crippen LogP contribution in [0.1, 0.15) is 32.1 Å². The van der Waals surface area contributed by atoms with Gasteiger partial charge in [0.2, 0.25) is 5.91 Å². The van der Waals surface area contributed by atoms with Crippen LogP contribution in [-0.2, 0) is 4.79 Å². The Morgan fingerprint density at radius 3 is 2.63 bits per heavy atom. The second-order valence-corrected chi connectivity index (χ2v) is 5.43. The van der Waals surface area contributed by atoms with Gasteiger partial charge in [-0.25, -0.2) is 4.79 Å². The molecule has 1 unspecified atom stereocenters. The van der Waals surface area contributed by atoms with Gasteiger partial charge in [0.1, 0.15) is 0 Å². The second kappa shape index (κ2) is 6.86. The van der Waals surface area contributed by atoms with Crippen molar-refractivity contribution in [2.45, 2.75) is 44.2 Å². The molecule has 19 heavy (non-hydrogen) atoms. The van der Waals surface area contributed by atoms with Gasteiger partial charge in [-0.15, -0.1) is 0 Å². The standard InChI is InChI=1S/C13H24N4O2/c1-14-13(19)16-12(18)9-17(11-5-6-11)8-10-4-2-3-7-15-10/h10-11,15H,2-9H2,1H3,(H2,14,16,18,19). The summed E-state index contributed by atoms with van der Waals surface area (Å²) in [7, 11) is 1.51. The number of nitrogens with zero attached hydrogens (tertiary/aromatic N) is 1. The quantitative estimate of drug-likeness (QED) is 0.659. The fourth-order valence-electron chi connectivity index (χ4n) is 2.56. The first-order chi connectivity index (χ1) is 9.19. The molecule has 6 heteroatoms. The second-order valence-electron chi connectivity index (χ2n) is 5.43. The fourth-order valence-corrected chi connectivity index (χ4v) is 2.56. The lowest BCUT2D eigenvalue weighted by atomic mass is 10.0. The molecule has 2 fully saturated rings. The van der Waals surface area contributed by atoms with Gasteiger partial charge in [0.25, 0.3) is 0 Å². The lowest BCUT2D eigenvalue weighted by Gasteiger charge is -2.30. The highest BCUT2D eigenvalue weighted by Gasteiger charge is 2.32. The minimum Gasteiger partial charge on any atom is -0.341 e. The number of urea groups is 1. The molecule has 1 aliphatic heterocycles. The van der Waals surface area contributed by atoms with Crippen molar-refractivity contribution < 1.29 is 9.59 Å². The van der Waals surface area contributed by atoms with E-state index in [1.165, 1.54) is 39.2 Å². The van der Waals surface area contributed by atoms with Crippen LogP contribution < -0.4 is 16.0 Å². The van der Waals surface area contributed by atoms with Gasteiger partial charge in [-0.2, -0.15) is 0 Å². The summed E-state index contributed by atoms with van der Waals surface area (Å²) in [6.07, 6.45) is 6.03. The number of carbonyl (C=O) groups is 2. The molecule has 1 heterocycles. The third kappa shape index (κ3) is 4.80. The molecular weight excluding hydrogens is 244 g/mol. The van der Waals surface area contributed by atoms with Crippen molar-refractivity contribution in [3.05, 3.63) is 0 Å². The van der Waals surface area contributed by atoms with Crippen LogP contribution in [0.5, 0.6) is 0 Å². The van der Waals surface area contributed by atoms with Gasteiger partial charge in [0.05, 0.1) is 6.54 Å². The Labute approximate surface area is 114 Å². The van der Waals surface area contributed by atoms with E-state index in [2.05, 4.69) is 20.9 Å². The maximum absolute atomic E-state index is 11.8. The number of hydrogen-bond acceptors (Lipinski definition) is 4. The van der Waals surface area contributed by atoms with E-state index in [4.69, 9.17) is 0 Å². The van der Waals surface area contributed by atoms with Crippen molar-refractivity contribution in [1.29, 1.82) is 0 Å². The zero-order valence-electron chi connectivity index (χ0n) is 11.6. The van der Waals surface area contributed by atoms with E-state index in [-0.39, 0.29) is 5.91 Å². The van der Waals surface area contributed by atoms with Gasteiger partial charge in [-0.05, 0) is 32.2 Å². The Balaban J connectivity index is 1.78. The molecular formula is C13H24N4O2. The van der Waals surface area contributed by atoms with Crippen LogP contribution in [0.2, 0.25) is 0 Å². The van der Waals surface area contributed by atoms with Crippen LogP contribution in [0, 0.1) is 0 Å². The van der Waals surface area contributed by atoms with Crippen molar-refractivity contribution in [2.75, 3.05) is 26.7 Å². The monoisotopic (exact) mass is 268 g/mol. The Hall–Kier alpha value is -1.14. The third-order valence-electron chi connectivity index (χ3n) is 3.76. The van der Waals surface area contributed by atoms with E-state index in [0.717, 1.165) is 13.1 Å².